The van der Waals surface area contributed by atoms with Gasteiger partial charge in [0.25, 0.3) is 0 Å². The summed E-state index contributed by atoms with van der Waals surface area (Å²) in [5.74, 6) is -1.24. The van der Waals surface area contributed by atoms with E-state index in [1.165, 1.54) is 6.07 Å². The van der Waals surface area contributed by atoms with Crippen LogP contribution in [-0.4, -0.2) is 26.4 Å². The molecule has 0 amide bonds. The minimum Gasteiger partial charge on any atom is -0.481 e. The molecular weight excluding hydrogens is 382 g/mol. The van der Waals surface area contributed by atoms with Gasteiger partial charge < -0.3 is 9.67 Å². The first kappa shape index (κ1) is 14.6. The van der Waals surface area contributed by atoms with Crippen LogP contribution in [-0.2, 0) is 4.79 Å². The van der Waals surface area contributed by atoms with E-state index in [2.05, 4.69) is 4.98 Å². The number of halogens is 2. The minimum absolute atomic E-state index is 0.0599. The summed E-state index contributed by atoms with van der Waals surface area (Å²) < 4.78 is 16.0. The highest BCUT2D eigenvalue weighted by atomic mass is 127. The van der Waals surface area contributed by atoms with Crippen LogP contribution in [0.1, 0.15) is 19.9 Å². The fraction of sp³-hybridized carbons (Fsp3) is 0.333. The molecule has 102 valence electrons. The molecule has 2 aromatic rings. The van der Waals surface area contributed by atoms with Gasteiger partial charge in [0.1, 0.15) is 5.82 Å². The van der Waals surface area contributed by atoms with Crippen molar-refractivity contribution in [2.45, 2.75) is 25.0 Å². The summed E-state index contributed by atoms with van der Waals surface area (Å²) in [5, 5.41) is 9.35. The van der Waals surface area contributed by atoms with E-state index in [0.29, 0.717) is 19.8 Å². The second-order valence-electron chi connectivity index (χ2n) is 4.30. The van der Waals surface area contributed by atoms with Crippen LogP contribution in [0.15, 0.2) is 17.3 Å². The molecule has 0 bridgehead atoms. The van der Waals surface area contributed by atoms with E-state index >= 15 is 0 Å². The number of imidazole rings is 1. The molecule has 0 atom stereocenters. The van der Waals surface area contributed by atoms with Gasteiger partial charge in [-0.05, 0) is 42.5 Å². The van der Waals surface area contributed by atoms with Crippen molar-refractivity contribution in [3.05, 3.63) is 21.5 Å². The fourth-order valence-electron chi connectivity index (χ4n) is 1.80. The molecule has 0 aliphatic carbocycles. The van der Waals surface area contributed by atoms with Crippen molar-refractivity contribution in [3.63, 3.8) is 0 Å². The van der Waals surface area contributed by atoms with Gasteiger partial charge in [-0.3, -0.25) is 4.79 Å². The van der Waals surface area contributed by atoms with E-state index < -0.39 is 5.97 Å². The quantitative estimate of drug-likeness (QED) is 0.637. The number of hydrogen-bond donors (Lipinski definition) is 1. The third-order valence-electron chi connectivity index (χ3n) is 2.54. The molecule has 0 saturated carbocycles. The van der Waals surface area contributed by atoms with Crippen molar-refractivity contribution in [2.24, 2.45) is 0 Å². The molecule has 0 aliphatic heterocycles. The maximum absolute atomic E-state index is 13.7. The summed E-state index contributed by atoms with van der Waals surface area (Å²) in [6.45, 7) is 3.92. The maximum atomic E-state index is 13.7. The lowest BCUT2D eigenvalue weighted by Gasteiger charge is -2.12. The SMILES string of the molecule is CC(C)n1c(SCC(=O)O)nc2cc(I)c(F)cc21. The Labute approximate surface area is 127 Å². The standard InChI is InChI=1S/C12H12FIN2O2S/c1-6(2)16-10-3-7(13)8(14)4-9(10)15-12(16)19-5-11(17)18/h3-4,6H,5H2,1-2H3,(H,17,18). The maximum Gasteiger partial charge on any atom is 0.313 e. The van der Waals surface area contributed by atoms with Crippen molar-refractivity contribution in [3.8, 4) is 0 Å². The molecule has 0 aliphatic rings. The van der Waals surface area contributed by atoms with Crippen LogP contribution in [0.3, 0.4) is 0 Å². The van der Waals surface area contributed by atoms with Gasteiger partial charge in [-0.2, -0.15) is 0 Å². The Hall–Kier alpha value is -0.830. The van der Waals surface area contributed by atoms with Crippen molar-refractivity contribution in [1.82, 2.24) is 9.55 Å². The Kier molecular flexibility index (Phi) is 4.34. The zero-order valence-corrected chi connectivity index (χ0v) is 13.3. The van der Waals surface area contributed by atoms with Crippen LogP contribution in [0.5, 0.6) is 0 Å². The van der Waals surface area contributed by atoms with Gasteiger partial charge in [0, 0.05) is 12.1 Å². The molecule has 7 heteroatoms. The average molecular weight is 394 g/mol. The molecule has 1 N–H and O–H groups in total. The molecule has 0 unspecified atom stereocenters. The van der Waals surface area contributed by atoms with Crippen molar-refractivity contribution < 1.29 is 14.3 Å². The summed E-state index contributed by atoms with van der Waals surface area (Å²) in [6.07, 6.45) is 0. The average Bonchev–Trinajstić information content (AvgIpc) is 2.64. The number of carboxylic acids is 1. The zero-order chi connectivity index (χ0) is 14.2. The number of hydrogen-bond acceptors (Lipinski definition) is 3. The van der Waals surface area contributed by atoms with Gasteiger partial charge in [0.05, 0.1) is 20.4 Å². The topological polar surface area (TPSA) is 55.1 Å². The molecule has 0 spiro atoms. The third-order valence-corrected chi connectivity index (χ3v) is 4.30. The lowest BCUT2D eigenvalue weighted by Crippen LogP contribution is -2.05. The molecule has 4 nitrogen and oxygen atoms in total. The van der Waals surface area contributed by atoms with Crippen molar-refractivity contribution in [1.29, 1.82) is 0 Å². The highest BCUT2D eigenvalue weighted by molar-refractivity contribution is 14.1. The third kappa shape index (κ3) is 3.02. The van der Waals surface area contributed by atoms with Gasteiger partial charge in [-0.15, -0.1) is 0 Å². The normalized spacial score (nSPS) is 11.4. The van der Waals surface area contributed by atoms with Gasteiger partial charge in [-0.1, -0.05) is 11.8 Å². The second-order valence-corrected chi connectivity index (χ2v) is 6.40. The highest BCUT2D eigenvalue weighted by Crippen LogP contribution is 2.29. The summed E-state index contributed by atoms with van der Waals surface area (Å²) in [6, 6.07) is 3.21. The second kappa shape index (κ2) is 5.66. The summed E-state index contributed by atoms with van der Waals surface area (Å²) >= 11 is 3.07. The van der Waals surface area contributed by atoms with Gasteiger partial charge in [-0.25, -0.2) is 9.37 Å². The monoisotopic (exact) mass is 394 g/mol. The Morgan fingerprint density at radius 2 is 2.26 bits per heavy atom. The number of benzene rings is 1. The predicted molar refractivity (Wildman–Crippen MR) is 81.2 cm³/mol. The molecule has 0 radical (unpaired) electrons. The molecule has 1 heterocycles. The van der Waals surface area contributed by atoms with E-state index in [1.807, 2.05) is 41.0 Å². The highest BCUT2D eigenvalue weighted by Gasteiger charge is 2.16. The molecule has 0 fully saturated rings. The molecule has 19 heavy (non-hydrogen) atoms. The zero-order valence-electron chi connectivity index (χ0n) is 10.4. The van der Waals surface area contributed by atoms with Gasteiger partial charge in [0.15, 0.2) is 5.16 Å². The van der Waals surface area contributed by atoms with E-state index in [4.69, 9.17) is 5.11 Å². The van der Waals surface area contributed by atoms with E-state index in [-0.39, 0.29) is 17.6 Å². The fourth-order valence-corrected chi connectivity index (χ4v) is 3.11. The lowest BCUT2D eigenvalue weighted by molar-refractivity contribution is -0.133. The van der Waals surface area contributed by atoms with Crippen molar-refractivity contribution >= 4 is 51.4 Å². The smallest absolute Gasteiger partial charge is 0.313 e. The van der Waals surface area contributed by atoms with Crippen LogP contribution in [0.4, 0.5) is 4.39 Å². The first-order valence-corrected chi connectivity index (χ1v) is 7.68. The summed E-state index contributed by atoms with van der Waals surface area (Å²) in [5.41, 5.74) is 1.38. The number of carbonyl (C=O) groups is 1. The number of thioether (sulfide) groups is 1. The summed E-state index contributed by atoms with van der Waals surface area (Å²) in [4.78, 5) is 15.1. The largest absolute Gasteiger partial charge is 0.481 e. The molecular formula is C12H12FIN2O2S. The van der Waals surface area contributed by atoms with Gasteiger partial charge >= 0.3 is 5.97 Å². The summed E-state index contributed by atoms with van der Waals surface area (Å²) in [7, 11) is 0. The van der Waals surface area contributed by atoms with Crippen molar-refractivity contribution in [2.75, 3.05) is 5.75 Å². The lowest BCUT2D eigenvalue weighted by atomic mass is 10.3. The van der Waals surface area contributed by atoms with Crippen LogP contribution in [0, 0.1) is 9.39 Å². The first-order chi connectivity index (χ1) is 8.90. The Morgan fingerprint density at radius 1 is 1.58 bits per heavy atom. The van der Waals surface area contributed by atoms with Crippen LogP contribution in [0.25, 0.3) is 11.0 Å². The minimum atomic E-state index is -0.895. The number of aliphatic carboxylic acids is 1. The first-order valence-electron chi connectivity index (χ1n) is 5.61. The number of carboxylic acid groups (broad SMARTS) is 1. The molecule has 1 aromatic heterocycles. The van der Waals surface area contributed by atoms with Gasteiger partial charge in [0.2, 0.25) is 0 Å². The van der Waals surface area contributed by atoms with E-state index in [9.17, 15) is 9.18 Å². The van der Waals surface area contributed by atoms with Crippen LogP contribution in [0.2, 0.25) is 0 Å². The number of fused-ring (bicyclic) bond motifs is 1. The number of aromatic nitrogens is 2. The Morgan fingerprint density at radius 3 is 2.84 bits per heavy atom. The Balaban J connectivity index is 2.56. The predicted octanol–water partition coefficient (Wildman–Crippen LogP) is 3.54. The number of nitrogens with zero attached hydrogens (tertiary/aromatic N) is 2. The van der Waals surface area contributed by atoms with Crippen LogP contribution < -0.4 is 0 Å². The van der Waals surface area contributed by atoms with Crippen LogP contribution >= 0.6 is 34.4 Å². The van der Waals surface area contributed by atoms with E-state index in [0.717, 1.165) is 11.8 Å². The molecule has 2 rings (SSSR count). The Bertz CT molecular complexity index is 642. The molecule has 0 saturated heterocycles. The molecule has 1 aromatic carbocycles. The number of rotatable bonds is 4. The van der Waals surface area contributed by atoms with E-state index in [1.54, 1.807) is 6.07 Å².